The minimum atomic E-state index is 1.16. The molecule has 2 nitrogen and oxygen atoms in total. The number of piperidine rings is 2. The van der Waals surface area contributed by atoms with E-state index in [1.165, 1.54) is 99.3 Å². The third-order valence-electron chi connectivity index (χ3n) is 8.93. The van der Waals surface area contributed by atoms with Gasteiger partial charge in [0.15, 0.2) is 0 Å². The van der Waals surface area contributed by atoms with Crippen LogP contribution in [0.5, 0.6) is 0 Å². The fourth-order valence-corrected chi connectivity index (χ4v) is 6.85. The molecule has 2 heteroatoms. The highest BCUT2D eigenvalue weighted by Crippen LogP contribution is 2.46. The van der Waals surface area contributed by atoms with Crippen molar-refractivity contribution in [3.63, 3.8) is 0 Å². The summed E-state index contributed by atoms with van der Waals surface area (Å²) in [6.07, 6.45) is 7.84. The van der Waals surface area contributed by atoms with Gasteiger partial charge in [-0.1, -0.05) is 72.3 Å². The second-order valence-electron chi connectivity index (χ2n) is 11.5. The van der Waals surface area contributed by atoms with Gasteiger partial charge in [0.25, 0.3) is 0 Å². The van der Waals surface area contributed by atoms with Crippen molar-refractivity contribution >= 4 is 32.9 Å². The van der Waals surface area contributed by atoms with E-state index < -0.39 is 0 Å². The first-order chi connectivity index (χ1) is 19.3. The van der Waals surface area contributed by atoms with E-state index in [-0.39, 0.29) is 0 Å². The van der Waals surface area contributed by atoms with E-state index in [9.17, 15) is 0 Å². The predicted octanol–water partition coefficient (Wildman–Crippen LogP) is 9.62. The van der Waals surface area contributed by atoms with Gasteiger partial charge < -0.3 is 9.80 Å². The van der Waals surface area contributed by atoms with Crippen molar-refractivity contribution in [1.29, 1.82) is 0 Å². The fraction of sp³-hybridized carbons (Fsp3) is 0.297. The molecule has 2 fully saturated rings. The summed E-state index contributed by atoms with van der Waals surface area (Å²) < 4.78 is 0. The highest BCUT2D eigenvalue weighted by atomic mass is 15.1. The van der Waals surface area contributed by atoms with Crippen LogP contribution in [0.1, 0.15) is 44.1 Å². The van der Waals surface area contributed by atoms with E-state index in [0.717, 1.165) is 26.2 Å². The average molecular weight is 511 g/mol. The van der Waals surface area contributed by atoms with Crippen LogP contribution in [0, 0.1) is 6.92 Å². The van der Waals surface area contributed by atoms with Crippen molar-refractivity contribution < 1.29 is 0 Å². The van der Waals surface area contributed by atoms with Crippen molar-refractivity contribution in [2.75, 3.05) is 36.0 Å². The molecule has 0 spiro atoms. The lowest BCUT2D eigenvalue weighted by Crippen LogP contribution is -2.29. The first-order valence-corrected chi connectivity index (χ1v) is 14.9. The van der Waals surface area contributed by atoms with Crippen LogP contribution in [0.4, 0.5) is 11.4 Å². The van der Waals surface area contributed by atoms with Crippen LogP contribution < -0.4 is 9.80 Å². The molecule has 196 valence electrons. The fourth-order valence-electron chi connectivity index (χ4n) is 6.85. The molecule has 0 saturated carbocycles. The number of aryl methyl sites for hydroxylation is 1. The molecule has 0 aliphatic carbocycles. The van der Waals surface area contributed by atoms with E-state index >= 15 is 0 Å². The molecule has 0 atom stereocenters. The Bertz CT molecular complexity index is 1610. The molecule has 5 aromatic carbocycles. The van der Waals surface area contributed by atoms with E-state index in [0.29, 0.717) is 0 Å². The van der Waals surface area contributed by atoms with Crippen LogP contribution >= 0.6 is 0 Å². The molecule has 0 aromatic heterocycles. The maximum Gasteiger partial charge on any atom is 0.0372 e. The Hall–Kier alpha value is -3.78. The minimum absolute atomic E-state index is 1.16. The van der Waals surface area contributed by atoms with E-state index in [1.807, 2.05) is 0 Å². The van der Waals surface area contributed by atoms with Crippen LogP contribution in [-0.4, -0.2) is 26.2 Å². The molecule has 0 N–H and O–H groups in total. The third kappa shape index (κ3) is 4.56. The maximum absolute atomic E-state index is 2.59. The number of nitrogens with zero attached hydrogens (tertiary/aromatic N) is 2. The molecule has 39 heavy (non-hydrogen) atoms. The SMILES string of the molecule is Cc1ccc(-c2c3ccc(N4CCCCC4)cc3c(-c3ccccc3)c3ccc(N4CCCCC4)cc23)cc1. The molecule has 2 aliphatic heterocycles. The number of fused-ring (bicyclic) bond motifs is 2. The second-order valence-corrected chi connectivity index (χ2v) is 11.5. The summed E-state index contributed by atoms with van der Waals surface area (Å²) in [5, 5.41) is 5.42. The van der Waals surface area contributed by atoms with Gasteiger partial charge in [0.05, 0.1) is 0 Å². The smallest absolute Gasteiger partial charge is 0.0372 e. The zero-order chi connectivity index (χ0) is 26.2. The molecule has 0 amide bonds. The Morgan fingerprint density at radius 3 is 1.38 bits per heavy atom. The van der Waals surface area contributed by atoms with Crippen LogP contribution in [-0.2, 0) is 0 Å². The molecular weight excluding hydrogens is 472 g/mol. The van der Waals surface area contributed by atoms with Gasteiger partial charge in [-0.05, 0) is 114 Å². The maximum atomic E-state index is 2.59. The van der Waals surface area contributed by atoms with Gasteiger partial charge in [0, 0.05) is 37.6 Å². The van der Waals surface area contributed by atoms with Crippen LogP contribution in [0.15, 0.2) is 91.0 Å². The van der Waals surface area contributed by atoms with Crippen molar-refractivity contribution in [2.24, 2.45) is 0 Å². The summed E-state index contributed by atoms with van der Waals surface area (Å²) in [5.74, 6) is 0. The number of rotatable bonds is 4. The first kappa shape index (κ1) is 24.3. The Kier molecular flexibility index (Phi) is 6.48. The number of benzene rings is 5. The Morgan fingerprint density at radius 2 is 0.897 bits per heavy atom. The molecule has 0 radical (unpaired) electrons. The predicted molar refractivity (Wildman–Crippen MR) is 169 cm³/mol. The lowest BCUT2D eigenvalue weighted by Gasteiger charge is -2.30. The topological polar surface area (TPSA) is 6.48 Å². The lowest BCUT2D eigenvalue weighted by atomic mass is 9.85. The highest BCUT2D eigenvalue weighted by Gasteiger charge is 2.21. The number of hydrogen-bond acceptors (Lipinski definition) is 2. The summed E-state index contributed by atoms with van der Waals surface area (Å²) in [7, 11) is 0. The lowest BCUT2D eigenvalue weighted by molar-refractivity contribution is 0.578. The standard InChI is InChI=1S/C37H38N2/c1-27-13-15-29(16-14-27)37-33-20-18-30(38-21-7-3-8-22-38)25-34(33)36(28-11-5-2-6-12-28)32-19-17-31(26-35(32)37)39-23-9-4-10-24-39/h2,5-6,11-20,25-26H,3-4,7-10,21-24H2,1H3. The van der Waals surface area contributed by atoms with Gasteiger partial charge in [0.2, 0.25) is 0 Å². The van der Waals surface area contributed by atoms with Gasteiger partial charge in [-0.25, -0.2) is 0 Å². The largest absolute Gasteiger partial charge is 0.372 e. The van der Waals surface area contributed by atoms with Crippen LogP contribution in [0.3, 0.4) is 0 Å². The summed E-state index contributed by atoms with van der Waals surface area (Å²) in [6.45, 7) is 6.80. The number of hydrogen-bond donors (Lipinski definition) is 0. The third-order valence-corrected chi connectivity index (χ3v) is 8.93. The second kappa shape index (κ2) is 10.4. The normalized spacial score (nSPS) is 16.2. The molecule has 2 heterocycles. The summed E-state index contributed by atoms with van der Waals surface area (Å²) >= 11 is 0. The zero-order valence-electron chi connectivity index (χ0n) is 23.1. The zero-order valence-corrected chi connectivity index (χ0v) is 23.1. The monoisotopic (exact) mass is 510 g/mol. The van der Waals surface area contributed by atoms with Crippen LogP contribution in [0.2, 0.25) is 0 Å². The van der Waals surface area contributed by atoms with Gasteiger partial charge in [-0.3, -0.25) is 0 Å². The molecule has 0 bridgehead atoms. The van der Waals surface area contributed by atoms with Gasteiger partial charge in [-0.2, -0.15) is 0 Å². The molecule has 2 saturated heterocycles. The molecule has 5 aromatic rings. The van der Waals surface area contributed by atoms with Crippen molar-refractivity contribution in [3.8, 4) is 22.3 Å². The molecular formula is C37H38N2. The summed E-state index contributed by atoms with van der Waals surface area (Å²) in [5.41, 5.74) is 9.34. The van der Waals surface area contributed by atoms with Crippen LogP contribution in [0.25, 0.3) is 43.8 Å². The minimum Gasteiger partial charge on any atom is -0.372 e. The number of anilines is 2. The van der Waals surface area contributed by atoms with E-state index in [4.69, 9.17) is 0 Å². The van der Waals surface area contributed by atoms with Gasteiger partial charge in [0.1, 0.15) is 0 Å². The highest BCUT2D eigenvalue weighted by molar-refractivity contribution is 6.22. The molecule has 7 rings (SSSR count). The van der Waals surface area contributed by atoms with Crippen molar-refractivity contribution in [2.45, 2.75) is 45.4 Å². The molecule has 0 unspecified atom stereocenters. The first-order valence-electron chi connectivity index (χ1n) is 14.9. The van der Waals surface area contributed by atoms with Gasteiger partial charge in [-0.15, -0.1) is 0 Å². The quantitative estimate of drug-likeness (QED) is 0.222. The Balaban J connectivity index is 1.55. The summed E-state index contributed by atoms with van der Waals surface area (Å²) in [6, 6.07) is 34.7. The van der Waals surface area contributed by atoms with E-state index in [1.54, 1.807) is 0 Å². The van der Waals surface area contributed by atoms with Crippen molar-refractivity contribution in [1.82, 2.24) is 0 Å². The van der Waals surface area contributed by atoms with Gasteiger partial charge >= 0.3 is 0 Å². The molecule has 2 aliphatic rings. The Morgan fingerprint density at radius 1 is 0.436 bits per heavy atom. The average Bonchev–Trinajstić information content (AvgIpc) is 3.01. The van der Waals surface area contributed by atoms with E-state index in [2.05, 4.69) is 108 Å². The Labute approximate surface area is 232 Å². The van der Waals surface area contributed by atoms with Crippen molar-refractivity contribution in [3.05, 3.63) is 96.6 Å². The summed E-state index contributed by atoms with van der Waals surface area (Å²) in [4.78, 5) is 5.18.